The van der Waals surface area contributed by atoms with Crippen LogP contribution in [0.25, 0.3) is 11.4 Å². The number of carbonyl (C=O) groups excluding carboxylic acids is 1. The minimum absolute atomic E-state index is 0.0207. The molecule has 1 aliphatic rings. The molecule has 24 heavy (non-hydrogen) atoms. The Labute approximate surface area is 145 Å². The number of nitrogens with zero attached hydrogens (tertiary/aromatic N) is 2. The van der Waals surface area contributed by atoms with Crippen molar-refractivity contribution in [2.45, 2.75) is 44.8 Å². The number of amides is 1. The smallest absolute Gasteiger partial charge is 0.227 e. The van der Waals surface area contributed by atoms with Crippen molar-refractivity contribution in [1.29, 1.82) is 0 Å². The quantitative estimate of drug-likeness (QED) is 0.867. The lowest BCUT2D eigenvalue weighted by molar-refractivity contribution is -0.122. The highest BCUT2D eigenvalue weighted by Gasteiger charge is 2.23. The Balaban J connectivity index is 1.49. The summed E-state index contributed by atoms with van der Waals surface area (Å²) >= 11 is 5.86. The van der Waals surface area contributed by atoms with E-state index in [0.29, 0.717) is 29.6 Å². The average Bonchev–Trinajstić information content (AvgIpc) is 3.25. The fraction of sp³-hybridized carbons (Fsp3) is 0.471. The molecule has 0 spiro atoms. The third kappa shape index (κ3) is 4.33. The number of aromatic nitrogens is 2. The third-order valence-electron chi connectivity index (χ3n) is 4.05. The normalized spacial score (nSPS) is 18.5. The van der Waals surface area contributed by atoms with E-state index < -0.39 is 0 Å². The van der Waals surface area contributed by atoms with Gasteiger partial charge in [0.1, 0.15) is 0 Å². The Morgan fingerprint density at radius 1 is 1.42 bits per heavy atom. The monoisotopic (exact) mass is 349 g/mol. The van der Waals surface area contributed by atoms with E-state index >= 15 is 0 Å². The molecule has 0 bridgehead atoms. The average molecular weight is 350 g/mol. The van der Waals surface area contributed by atoms with Crippen LogP contribution < -0.4 is 5.32 Å². The predicted octanol–water partition coefficient (Wildman–Crippen LogP) is 3.01. The second kappa shape index (κ2) is 7.77. The van der Waals surface area contributed by atoms with Crippen molar-refractivity contribution in [1.82, 2.24) is 15.5 Å². The zero-order chi connectivity index (χ0) is 16.9. The van der Waals surface area contributed by atoms with E-state index in [0.717, 1.165) is 25.0 Å². The van der Waals surface area contributed by atoms with Crippen LogP contribution in [0.3, 0.4) is 0 Å². The van der Waals surface area contributed by atoms with Crippen LogP contribution in [0.15, 0.2) is 28.8 Å². The Bertz CT molecular complexity index is 681. The topological polar surface area (TPSA) is 77.3 Å². The number of nitrogens with one attached hydrogen (secondary N) is 1. The predicted molar refractivity (Wildman–Crippen MR) is 89.6 cm³/mol. The van der Waals surface area contributed by atoms with Gasteiger partial charge in [0.2, 0.25) is 17.6 Å². The molecule has 3 rings (SSSR count). The summed E-state index contributed by atoms with van der Waals surface area (Å²) in [5.74, 6) is 0.902. The van der Waals surface area contributed by atoms with Gasteiger partial charge in [-0.05, 0) is 44.0 Å². The molecule has 1 aliphatic heterocycles. The molecular weight excluding hydrogens is 330 g/mol. The van der Waals surface area contributed by atoms with Crippen LogP contribution in [0.4, 0.5) is 0 Å². The molecule has 1 fully saturated rings. The van der Waals surface area contributed by atoms with E-state index in [9.17, 15) is 4.79 Å². The highest BCUT2D eigenvalue weighted by molar-refractivity contribution is 6.30. The van der Waals surface area contributed by atoms with Gasteiger partial charge in [-0.3, -0.25) is 4.79 Å². The fourth-order valence-corrected chi connectivity index (χ4v) is 2.84. The van der Waals surface area contributed by atoms with Crippen LogP contribution in [0, 0.1) is 0 Å². The first-order valence-electron chi connectivity index (χ1n) is 8.11. The van der Waals surface area contributed by atoms with Crippen molar-refractivity contribution in [3.63, 3.8) is 0 Å². The highest BCUT2D eigenvalue weighted by atomic mass is 35.5. The summed E-state index contributed by atoms with van der Waals surface area (Å²) in [5.41, 5.74) is 0.825. The van der Waals surface area contributed by atoms with Crippen molar-refractivity contribution in [3.8, 4) is 11.4 Å². The summed E-state index contributed by atoms with van der Waals surface area (Å²) < 4.78 is 10.8. The van der Waals surface area contributed by atoms with E-state index in [4.69, 9.17) is 20.9 Å². The molecule has 1 N–H and O–H groups in total. The van der Waals surface area contributed by atoms with E-state index in [1.165, 1.54) is 0 Å². The van der Waals surface area contributed by atoms with Gasteiger partial charge in [-0.1, -0.05) is 16.8 Å². The largest absolute Gasteiger partial charge is 0.376 e. The SMILES string of the molecule is C[C@H](NC(=O)CCc1nc(-c2ccc(Cl)cc2)no1)[C@@H]1CCCO1. The summed E-state index contributed by atoms with van der Waals surface area (Å²) in [6.45, 7) is 2.75. The van der Waals surface area contributed by atoms with Crippen LogP contribution in [-0.2, 0) is 16.0 Å². The first-order valence-corrected chi connectivity index (χ1v) is 8.49. The van der Waals surface area contributed by atoms with Gasteiger partial charge in [-0.25, -0.2) is 0 Å². The minimum atomic E-state index is -0.0377. The second-order valence-corrected chi connectivity index (χ2v) is 6.36. The van der Waals surface area contributed by atoms with Crippen LogP contribution in [0.2, 0.25) is 5.02 Å². The number of hydrogen-bond donors (Lipinski definition) is 1. The number of rotatable bonds is 6. The third-order valence-corrected chi connectivity index (χ3v) is 4.30. The lowest BCUT2D eigenvalue weighted by Gasteiger charge is -2.19. The molecular formula is C17H20ClN3O3. The van der Waals surface area contributed by atoms with Crippen LogP contribution in [0.5, 0.6) is 0 Å². The maximum absolute atomic E-state index is 12.0. The molecule has 1 amide bonds. The fourth-order valence-electron chi connectivity index (χ4n) is 2.71. The summed E-state index contributed by atoms with van der Waals surface area (Å²) in [7, 11) is 0. The van der Waals surface area contributed by atoms with E-state index in [1.54, 1.807) is 12.1 Å². The summed E-state index contributed by atoms with van der Waals surface area (Å²) in [4.78, 5) is 16.3. The van der Waals surface area contributed by atoms with Gasteiger partial charge >= 0.3 is 0 Å². The molecule has 1 saturated heterocycles. The van der Waals surface area contributed by atoms with Crippen LogP contribution in [-0.4, -0.2) is 34.8 Å². The molecule has 0 unspecified atom stereocenters. The van der Waals surface area contributed by atoms with E-state index in [1.807, 2.05) is 19.1 Å². The number of carbonyl (C=O) groups is 1. The molecule has 0 aliphatic carbocycles. The van der Waals surface area contributed by atoms with Crippen molar-refractivity contribution >= 4 is 17.5 Å². The Morgan fingerprint density at radius 3 is 2.92 bits per heavy atom. The van der Waals surface area contributed by atoms with Gasteiger partial charge in [-0.2, -0.15) is 4.98 Å². The maximum Gasteiger partial charge on any atom is 0.227 e. The highest BCUT2D eigenvalue weighted by Crippen LogP contribution is 2.19. The van der Waals surface area contributed by atoms with Crippen molar-refractivity contribution in [2.75, 3.05) is 6.61 Å². The second-order valence-electron chi connectivity index (χ2n) is 5.93. The molecule has 2 aromatic rings. The molecule has 1 aromatic heterocycles. The lowest BCUT2D eigenvalue weighted by Crippen LogP contribution is -2.40. The minimum Gasteiger partial charge on any atom is -0.376 e. The van der Waals surface area contributed by atoms with Crippen LogP contribution >= 0.6 is 11.6 Å². The van der Waals surface area contributed by atoms with Crippen molar-refractivity contribution in [2.24, 2.45) is 0 Å². The van der Waals surface area contributed by atoms with E-state index in [-0.39, 0.29) is 18.1 Å². The van der Waals surface area contributed by atoms with Gasteiger partial charge in [0.15, 0.2) is 0 Å². The number of benzene rings is 1. The Hall–Kier alpha value is -1.92. The van der Waals surface area contributed by atoms with Gasteiger partial charge in [0.05, 0.1) is 12.1 Å². The number of halogens is 1. The summed E-state index contributed by atoms with van der Waals surface area (Å²) in [6.07, 6.45) is 2.88. The van der Waals surface area contributed by atoms with Gasteiger partial charge < -0.3 is 14.6 Å². The van der Waals surface area contributed by atoms with Crippen molar-refractivity contribution in [3.05, 3.63) is 35.2 Å². The van der Waals surface area contributed by atoms with E-state index in [2.05, 4.69) is 15.5 Å². The molecule has 128 valence electrons. The molecule has 7 heteroatoms. The number of aryl methyl sites for hydroxylation is 1. The molecule has 2 atom stereocenters. The van der Waals surface area contributed by atoms with Crippen LogP contribution in [0.1, 0.15) is 32.1 Å². The molecule has 2 heterocycles. The van der Waals surface area contributed by atoms with Gasteiger partial charge in [-0.15, -0.1) is 0 Å². The molecule has 6 nitrogen and oxygen atoms in total. The molecule has 0 radical (unpaired) electrons. The van der Waals surface area contributed by atoms with Gasteiger partial charge in [0.25, 0.3) is 0 Å². The first-order chi connectivity index (χ1) is 11.6. The lowest BCUT2D eigenvalue weighted by atomic mass is 10.1. The summed E-state index contributed by atoms with van der Waals surface area (Å²) in [6, 6.07) is 7.21. The number of ether oxygens (including phenoxy) is 1. The zero-order valence-corrected chi connectivity index (χ0v) is 14.3. The van der Waals surface area contributed by atoms with Crippen molar-refractivity contribution < 1.29 is 14.1 Å². The standard InChI is InChI=1S/C17H20ClN3O3/c1-11(14-3-2-10-23-14)19-15(22)8-9-16-20-17(21-24-16)12-4-6-13(18)7-5-12/h4-7,11,14H,2-3,8-10H2,1H3,(H,19,22)/t11-,14-/m0/s1. The van der Waals surface area contributed by atoms with Gasteiger partial charge in [0, 0.05) is 30.0 Å². The molecule has 0 saturated carbocycles. The number of hydrogen-bond acceptors (Lipinski definition) is 5. The summed E-state index contributed by atoms with van der Waals surface area (Å²) in [5, 5.41) is 7.56. The zero-order valence-electron chi connectivity index (χ0n) is 13.5. The molecule has 1 aromatic carbocycles. The first kappa shape index (κ1) is 16.9. The maximum atomic E-state index is 12.0. The Morgan fingerprint density at radius 2 is 2.21 bits per heavy atom. The Kier molecular flexibility index (Phi) is 5.48.